The summed E-state index contributed by atoms with van der Waals surface area (Å²) in [5.41, 5.74) is -5.98. The quantitative estimate of drug-likeness (QED) is 0.300. The molecular weight excluding hydrogens is 441 g/mol. The normalized spacial score (nSPS) is 11.7. The van der Waals surface area contributed by atoms with E-state index in [4.69, 9.17) is 9.47 Å². The molecule has 0 spiro atoms. The summed E-state index contributed by atoms with van der Waals surface area (Å²) in [6, 6.07) is 15.3. The predicted molar refractivity (Wildman–Crippen MR) is 102 cm³/mol. The van der Waals surface area contributed by atoms with Crippen LogP contribution >= 0.6 is 0 Å². The van der Waals surface area contributed by atoms with Crippen molar-refractivity contribution in [2.45, 2.75) is 12.4 Å². The van der Waals surface area contributed by atoms with E-state index in [2.05, 4.69) is 9.28 Å². The Labute approximate surface area is 174 Å². The van der Waals surface area contributed by atoms with Crippen LogP contribution in [-0.2, 0) is 14.9 Å². The highest BCUT2D eigenvalue weighted by Crippen LogP contribution is 2.30. The number of rotatable bonds is 7. The second-order valence-electron chi connectivity index (χ2n) is 5.89. The van der Waals surface area contributed by atoms with Crippen molar-refractivity contribution in [1.29, 1.82) is 0 Å². The van der Waals surface area contributed by atoms with Gasteiger partial charge in [0.25, 0.3) is 0 Å². The van der Waals surface area contributed by atoms with Gasteiger partial charge in [-0.05, 0) is 43.3 Å². The van der Waals surface area contributed by atoms with Gasteiger partial charge in [-0.2, -0.15) is 31.4 Å². The van der Waals surface area contributed by atoms with Crippen LogP contribution in [0.1, 0.15) is 17.4 Å². The summed E-state index contributed by atoms with van der Waals surface area (Å²) < 4.78 is 76.4. The largest absolute Gasteiger partial charge is 0.534 e. The number of alkyl halides is 3. The number of hydrogen-bond donors (Lipinski definition) is 0. The highest BCUT2D eigenvalue weighted by Gasteiger charge is 2.49. The molecule has 0 aliphatic heterocycles. The number of carbonyl (C=O) groups excluding carboxylic acids is 1. The summed E-state index contributed by atoms with van der Waals surface area (Å²) in [6.45, 7) is 1.50. The molecule has 3 rings (SSSR count). The summed E-state index contributed by atoms with van der Waals surface area (Å²) in [5, 5.41) is 3.82. The van der Waals surface area contributed by atoms with E-state index in [0.717, 1.165) is 10.7 Å². The van der Waals surface area contributed by atoms with E-state index in [1.165, 1.54) is 31.2 Å². The van der Waals surface area contributed by atoms with E-state index >= 15 is 0 Å². The van der Waals surface area contributed by atoms with E-state index in [9.17, 15) is 26.4 Å². The minimum absolute atomic E-state index is 0.0196. The average molecular weight is 456 g/mol. The number of hydrogen-bond acceptors (Lipinski definition) is 7. The molecule has 0 fully saturated rings. The topological polar surface area (TPSA) is 96.7 Å². The molecule has 164 valence electrons. The highest BCUT2D eigenvalue weighted by atomic mass is 32.2. The Kier molecular flexibility index (Phi) is 6.20. The van der Waals surface area contributed by atoms with Crippen LogP contribution in [0.3, 0.4) is 0 Å². The summed E-state index contributed by atoms with van der Waals surface area (Å²) in [5.74, 6) is -0.839. The highest BCUT2D eigenvalue weighted by molar-refractivity contribution is 7.87. The van der Waals surface area contributed by atoms with Gasteiger partial charge < -0.3 is 13.7 Å². The first kappa shape index (κ1) is 22.2. The Hall–Kier alpha value is -3.54. The predicted octanol–water partition coefficient (Wildman–Crippen LogP) is 4.07. The van der Waals surface area contributed by atoms with Gasteiger partial charge in [-0.25, -0.2) is 4.79 Å². The van der Waals surface area contributed by atoms with Crippen LogP contribution < -0.4 is 8.92 Å². The second kappa shape index (κ2) is 8.68. The zero-order valence-electron chi connectivity index (χ0n) is 15.9. The monoisotopic (exact) mass is 456 g/mol. The van der Waals surface area contributed by atoms with Crippen molar-refractivity contribution in [2.75, 3.05) is 6.61 Å². The van der Waals surface area contributed by atoms with Crippen LogP contribution in [0.25, 0.3) is 5.69 Å². The second-order valence-corrected chi connectivity index (χ2v) is 7.43. The fraction of sp³-hybridized carbons (Fsp3) is 0.158. The van der Waals surface area contributed by atoms with Crippen LogP contribution in [-0.4, -0.2) is 36.3 Å². The Bertz CT molecular complexity index is 1160. The number of benzene rings is 2. The SMILES string of the molecule is CCOC(=O)c1cc(OS(=O)(=O)C(F)(F)F)n(-c2ccc(Oc3ccccc3)cc2)n1. The van der Waals surface area contributed by atoms with Crippen molar-refractivity contribution in [2.24, 2.45) is 0 Å². The molecule has 0 N–H and O–H groups in total. The molecule has 0 bridgehead atoms. The maximum Gasteiger partial charge on any atom is 0.534 e. The lowest BCUT2D eigenvalue weighted by atomic mass is 10.3. The van der Waals surface area contributed by atoms with Crippen LogP contribution in [0.5, 0.6) is 17.4 Å². The lowest BCUT2D eigenvalue weighted by Crippen LogP contribution is -2.28. The maximum absolute atomic E-state index is 12.7. The third kappa shape index (κ3) is 5.15. The van der Waals surface area contributed by atoms with Gasteiger partial charge in [-0.3, -0.25) is 0 Å². The number of carbonyl (C=O) groups is 1. The molecule has 0 unspecified atom stereocenters. The molecule has 12 heteroatoms. The third-order valence-corrected chi connectivity index (χ3v) is 4.66. The van der Waals surface area contributed by atoms with Crippen molar-refractivity contribution in [3.8, 4) is 23.1 Å². The number of esters is 1. The van der Waals surface area contributed by atoms with E-state index in [1.807, 2.05) is 6.07 Å². The minimum Gasteiger partial charge on any atom is -0.461 e. The van der Waals surface area contributed by atoms with Gasteiger partial charge in [0.15, 0.2) is 5.69 Å². The number of para-hydroxylation sites is 1. The van der Waals surface area contributed by atoms with Crippen molar-refractivity contribution in [3.63, 3.8) is 0 Å². The van der Waals surface area contributed by atoms with Gasteiger partial charge in [0.2, 0.25) is 5.88 Å². The molecule has 0 saturated heterocycles. The molecule has 1 heterocycles. The summed E-state index contributed by atoms with van der Waals surface area (Å²) >= 11 is 0. The fourth-order valence-corrected chi connectivity index (χ4v) is 2.79. The zero-order chi connectivity index (χ0) is 22.6. The molecule has 3 aromatic rings. The van der Waals surface area contributed by atoms with Crippen LogP contribution in [0.15, 0.2) is 60.7 Å². The number of halogens is 3. The van der Waals surface area contributed by atoms with Gasteiger partial charge in [0.1, 0.15) is 11.5 Å². The molecule has 0 radical (unpaired) electrons. The molecule has 2 aromatic carbocycles. The van der Waals surface area contributed by atoms with Gasteiger partial charge in [-0.1, -0.05) is 18.2 Å². The number of ether oxygens (including phenoxy) is 2. The molecule has 0 aliphatic carbocycles. The molecule has 0 amide bonds. The van der Waals surface area contributed by atoms with Gasteiger partial charge in [0.05, 0.1) is 12.3 Å². The van der Waals surface area contributed by atoms with Crippen molar-refractivity contribution in [3.05, 3.63) is 66.4 Å². The van der Waals surface area contributed by atoms with E-state index < -0.39 is 33.2 Å². The molecule has 31 heavy (non-hydrogen) atoms. The third-order valence-electron chi connectivity index (χ3n) is 3.70. The summed E-state index contributed by atoms with van der Waals surface area (Å²) in [4.78, 5) is 11.9. The number of nitrogens with zero attached hydrogens (tertiary/aromatic N) is 2. The van der Waals surface area contributed by atoms with Crippen LogP contribution in [0, 0.1) is 0 Å². The summed E-state index contributed by atoms with van der Waals surface area (Å²) in [7, 11) is -5.99. The Balaban J connectivity index is 1.95. The smallest absolute Gasteiger partial charge is 0.461 e. The Morgan fingerprint density at radius 3 is 2.23 bits per heavy atom. The van der Waals surface area contributed by atoms with Gasteiger partial charge in [0, 0.05) is 6.07 Å². The van der Waals surface area contributed by atoms with Crippen LogP contribution in [0.2, 0.25) is 0 Å². The fourth-order valence-electron chi connectivity index (χ4n) is 2.35. The van der Waals surface area contributed by atoms with Gasteiger partial charge >= 0.3 is 21.6 Å². The minimum atomic E-state index is -5.99. The van der Waals surface area contributed by atoms with E-state index in [-0.39, 0.29) is 12.3 Å². The summed E-state index contributed by atoms with van der Waals surface area (Å²) in [6.07, 6.45) is 0. The Morgan fingerprint density at radius 2 is 1.65 bits per heavy atom. The first-order valence-corrected chi connectivity index (χ1v) is 10.1. The lowest BCUT2D eigenvalue weighted by Gasteiger charge is -2.11. The molecule has 0 saturated carbocycles. The average Bonchev–Trinajstić information content (AvgIpc) is 3.12. The number of aromatic nitrogens is 2. The zero-order valence-corrected chi connectivity index (χ0v) is 16.7. The standard InChI is InChI=1S/C19H15F3N2O6S/c1-2-28-18(25)16-12-17(30-31(26,27)19(20,21)22)24(23-16)13-8-10-15(11-9-13)29-14-6-4-3-5-7-14/h3-12H,2H2,1H3. The first-order chi connectivity index (χ1) is 14.6. The molecule has 1 aromatic heterocycles. The van der Waals surface area contributed by atoms with E-state index in [1.54, 1.807) is 24.3 Å². The van der Waals surface area contributed by atoms with Gasteiger partial charge in [-0.15, -0.1) is 0 Å². The molecule has 0 aliphatic rings. The molecular formula is C19H15F3N2O6S. The first-order valence-electron chi connectivity index (χ1n) is 8.72. The van der Waals surface area contributed by atoms with Crippen molar-refractivity contribution < 1.29 is 40.0 Å². The lowest BCUT2D eigenvalue weighted by molar-refractivity contribution is -0.0502. The van der Waals surface area contributed by atoms with Crippen molar-refractivity contribution >= 4 is 16.1 Å². The van der Waals surface area contributed by atoms with E-state index in [0.29, 0.717) is 11.5 Å². The molecule has 8 nitrogen and oxygen atoms in total. The Morgan fingerprint density at radius 1 is 1.03 bits per heavy atom. The van der Waals surface area contributed by atoms with Crippen LogP contribution in [0.4, 0.5) is 13.2 Å². The van der Waals surface area contributed by atoms with Crippen molar-refractivity contribution in [1.82, 2.24) is 9.78 Å². The maximum atomic E-state index is 12.7. The molecule has 0 atom stereocenters.